The van der Waals surface area contributed by atoms with Crippen molar-refractivity contribution in [1.29, 1.82) is 0 Å². The van der Waals surface area contributed by atoms with Gasteiger partial charge in [0.2, 0.25) is 0 Å². The Morgan fingerprint density at radius 1 is 1.08 bits per heavy atom. The number of nitrogens with one attached hydrogen (secondary N) is 1. The van der Waals surface area contributed by atoms with Crippen LogP contribution in [0.25, 0.3) is 0 Å². The molecule has 3 rings (SSSR count). The summed E-state index contributed by atoms with van der Waals surface area (Å²) in [4.78, 5) is 19.7. The van der Waals surface area contributed by atoms with Gasteiger partial charge in [-0.05, 0) is 58.5 Å². The number of nitrogens with zero attached hydrogens (tertiary/aromatic N) is 3. The van der Waals surface area contributed by atoms with E-state index >= 15 is 0 Å². The molecule has 1 aliphatic carbocycles. The second kappa shape index (κ2) is 8.52. The van der Waals surface area contributed by atoms with Gasteiger partial charge in [0.05, 0.1) is 0 Å². The number of likely N-dealkylation sites (tertiary alicyclic amines) is 1. The predicted octanol–water partition coefficient (Wildman–Crippen LogP) is 2.38. The molecule has 3 atom stereocenters. The molecule has 3 fully saturated rings. The van der Waals surface area contributed by atoms with Crippen molar-refractivity contribution >= 4 is 6.03 Å². The van der Waals surface area contributed by atoms with E-state index < -0.39 is 0 Å². The average Bonchev–Trinajstić information content (AvgIpc) is 2.92. The van der Waals surface area contributed by atoms with Gasteiger partial charge in [-0.15, -0.1) is 0 Å². The second-order valence-electron chi connectivity index (χ2n) is 8.19. The highest BCUT2D eigenvalue weighted by Gasteiger charge is 2.42. The Morgan fingerprint density at radius 2 is 1.83 bits per heavy atom. The number of rotatable bonds is 5. The van der Waals surface area contributed by atoms with Crippen LogP contribution in [0.3, 0.4) is 0 Å². The average molecular weight is 337 g/mol. The summed E-state index contributed by atoms with van der Waals surface area (Å²) < 4.78 is 0. The first kappa shape index (κ1) is 18.0. The first-order valence-electron chi connectivity index (χ1n) is 10.1. The van der Waals surface area contributed by atoms with Crippen LogP contribution in [0.15, 0.2) is 0 Å². The molecule has 2 saturated heterocycles. The summed E-state index contributed by atoms with van der Waals surface area (Å²) in [5.74, 6) is 0.761. The van der Waals surface area contributed by atoms with Crippen molar-refractivity contribution in [2.45, 2.75) is 64.0 Å². The molecular weight excluding hydrogens is 300 g/mol. The summed E-state index contributed by atoms with van der Waals surface area (Å²) >= 11 is 0. The van der Waals surface area contributed by atoms with Crippen molar-refractivity contribution in [1.82, 2.24) is 20.0 Å². The van der Waals surface area contributed by atoms with Gasteiger partial charge in [0, 0.05) is 44.8 Å². The Labute approximate surface area is 147 Å². The maximum absolute atomic E-state index is 12.6. The normalized spacial score (nSPS) is 31.9. The van der Waals surface area contributed by atoms with E-state index in [0.717, 1.165) is 18.9 Å². The molecule has 0 aromatic carbocycles. The number of carbonyl (C=O) groups excluding carboxylic acids is 1. The molecule has 0 aromatic heterocycles. The third kappa shape index (κ3) is 4.42. The number of piperazine rings is 1. The van der Waals surface area contributed by atoms with Crippen LogP contribution in [-0.2, 0) is 0 Å². The van der Waals surface area contributed by atoms with Crippen LogP contribution in [0.4, 0.5) is 4.79 Å². The highest BCUT2D eigenvalue weighted by Crippen LogP contribution is 2.39. The molecule has 3 aliphatic rings. The third-order valence-corrected chi connectivity index (χ3v) is 6.35. The van der Waals surface area contributed by atoms with Crippen LogP contribution in [-0.4, -0.2) is 79.1 Å². The highest BCUT2D eigenvalue weighted by atomic mass is 16.2. The Kier molecular flexibility index (Phi) is 6.39. The molecule has 2 amide bonds. The molecule has 0 spiro atoms. The zero-order valence-corrected chi connectivity index (χ0v) is 15.7. The van der Waals surface area contributed by atoms with Crippen molar-refractivity contribution in [2.24, 2.45) is 5.92 Å². The lowest BCUT2D eigenvalue weighted by Crippen LogP contribution is -2.48. The molecule has 1 N–H and O–H groups in total. The summed E-state index contributed by atoms with van der Waals surface area (Å²) in [6.45, 7) is 8.99. The number of fused-ring (bicyclic) bond motifs is 1. The lowest BCUT2D eigenvalue weighted by Gasteiger charge is -2.33. The van der Waals surface area contributed by atoms with E-state index in [2.05, 4.69) is 34.0 Å². The predicted molar refractivity (Wildman–Crippen MR) is 98.2 cm³/mol. The Morgan fingerprint density at radius 3 is 2.62 bits per heavy atom. The smallest absolute Gasteiger partial charge is 0.317 e. The number of likely N-dealkylation sites (N-methyl/N-ethyl adjacent to an activating group) is 1. The van der Waals surface area contributed by atoms with Gasteiger partial charge in [-0.2, -0.15) is 0 Å². The van der Waals surface area contributed by atoms with Gasteiger partial charge >= 0.3 is 6.03 Å². The highest BCUT2D eigenvalue weighted by molar-refractivity contribution is 5.75. The number of hydrogen-bond donors (Lipinski definition) is 1. The molecule has 5 heteroatoms. The number of urea groups is 1. The van der Waals surface area contributed by atoms with Crippen LogP contribution in [0.1, 0.15) is 51.9 Å². The van der Waals surface area contributed by atoms with E-state index in [1.165, 1.54) is 71.2 Å². The monoisotopic (exact) mass is 336 g/mol. The lowest BCUT2D eigenvalue weighted by atomic mass is 9.85. The summed E-state index contributed by atoms with van der Waals surface area (Å²) in [5, 5.41) is 3.19. The minimum Gasteiger partial charge on any atom is -0.338 e. The molecule has 0 bridgehead atoms. The SMILES string of the molecule is C[C@@H]1C[C@@H]2CCCC[C@H]2N1C(=O)NCCCCN1CCN(C)CC1. The van der Waals surface area contributed by atoms with Gasteiger partial charge in [-0.1, -0.05) is 12.8 Å². The maximum Gasteiger partial charge on any atom is 0.317 e. The fourth-order valence-corrected chi connectivity index (χ4v) is 4.88. The summed E-state index contributed by atoms with van der Waals surface area (Å²) in [7, 11) is 2.20. The van der Waals surface area contributed by atoms with E-state index in [-0.39, 0.29) is 6.03 Å². The largest absolute Gasteiger partial charge is 0.338 e. The number of hydrogen-bond acceptors (Lipinski definition) is 3. The maximum atomic E-state index is 12.6. The van der Waals surface area contributed by atoms with E-state index in [0.29, 0.717) is 12.1 Å². The van der Waals surface area contributed by atoms with E-state index in [1.807, 2.05) is 0 Å². The fourth-order valence-electron chi connectivity index (χ4n) is 4.88. The van der Waals surface area contributed by atoms with Crippen LogP contribution < -0.4 is 5.32 Å². The topological polar surface area (TPSA) is 38.8 Å². The summed E-state index contributed by atoms with van der Waals surface area (Å²) in [6.07, 6.45) is 8.68. The minimum atomic E-state index is 0.191. The van der Waals surface area contributed by atoms with Crippen molar-refractivity contribution in [3.63, 3.8) is 0 Å². The van der Waals surface area contributed by atoms with Gasteiger partial charge in [0.1, 0.15) is 0 Å². The lowest BCUT2D eigenvalue weighted by molar-refractivity contribution is 0.150. The Balaban J connectivity index is 1.32. The number of carbonyl (C=O) groups is 1. The molecule has 24 heavy (non-hydrogen) atoms. The van der Waals surface area contributed by atoms with Gasteiger partial charge in [0.25, 0.3) is 0 Å². The van der Waals surface area contributed by atoms with Gasteiger partial charge < -0.3 is 20.0 Å². The van der Waals surface area contributed by atoms with Gasteiger partial charge in [-0.3, -0.25) is 0 Å². The molecule has 0 aromatic rings. The molecule has 0 radical (unpaired) electrons. The van der Waals surface area contributed by atoms with Crippen LogP contribution >= 0.6 is 0 Å². The Hall–Kier alpha value is -0.810. The summed E-state index contributed by atoms with van der Waals surface area (Å²) in [5.41, 5.74) is 0. The quantitative estimate of drug-likeness (QED) is 0.784. The second-order valence-corrected chi connectivity index (χ2v) is 8.19. The van der Waals surface area contributed by atoms with E-state index in [4.69, 9.17) is 0 Å². The number of amides is 2. The zero-order chi connectivity index (χ0) is 16.9. The molecule has 5 nitrogen and oxygen atoms in total. The molecule has 138 valence electrons. The van der Waals surface area contributed by atoms with Crippen LogP contribution in [0, 0.1) is 5.92 Å². The van der Waals surface area contributed by atoms with Crippen LogP contribution in [0.5, 0.6) is 0 Å². The van der Waals surface area contributed by atoms with Crippen molar-refractivity contribution in [3.05, 3.63) is 0 Å². The zero-order valence-electron chi connectivity index (χ0n) is 15.7. The Bertz CT molecular complexity index is 408. The van der Waals surface area contributed by atoms with E-state index in [1.54, 1.807) is 0 Å². The minimum absolute atomic E-state index is 0.191. The van der Waals surface area contributed by atoms with Crippen LogP contribution in [0.2, 0.25) is 0 Å². The molecule has 2 aliphatic heterocycles. The summed E-state index contributed by atoms with van der Waals surface area (Å²) in [6, 6.07) is 1.12. The number of unbranched alkanes of at least 4 members (excludes halogenated alkanes) is 1. The van der Waals surface area contributed by atoms with Crippen molar-refractivity contribution in [3.8, 4) is 0 Å². The van der Waals surface area contributed by atoms with Gasteiger partial charge in [0.15, 0.2) is 0 Å². The molecular formula is C19H36N4O. The first-order chi connectivity index (χ1) is 11.6. The molecule has 2 heterocycles. The van der Waals surface area contributed by atoms with Crippen molar-refractivity contribution in [2.75, 3.05) is 46.3 Å². The third-order valence-electron chi connectivity index (χ3n) is 6.35. The molecule has 1 saturated carbocycles. The molecule has 0 unspecified atom stereocenters. The fraction of sp³-hybridized carbons (Fsp3) is 0.947. The standard InChI is InChI=1S/C19H36N4O/c1-16-15-17-7-3-4-8-18(17)23(16)19(24)20-9-5-6-10-22-13-11-21(2)12-14-22/h16-18H,3-15H2,1-2H3,(H,20,24)/t16-,17+,18-/m1/s1. The van der Waals surface area contributed by atoms with Gasteiger partial charge in [-0.25, -0.2) is 4.79 Å². The first-order valence-corrected chi connectivity index (χ1v) is 10.1. The van der Waals surface area contributed by atoms with Crippen molar-refractivity contribution < 1.29 is 4.79 Å². The van der Waals surface area contributed by atoms with E-state index in [9.17, 15) is 4.79 Å².